The molecule has 2 aliphatic heterocycles. The number of aromatic carboxylic acids is 1. The van der Waals surface area contributed by atoms with E-state index in [1.54, 1.807) is 29.0 Å². The molecule has 11 heteroatoms. The quantitative estimate of drug-likeness (QED) is 0.322. The number of likely N-dealkylation sites (tertiary alicyclic amines) is 1. The number of carbonyl (C=O) groups is 4. The number of aliphatic hydroxyl groups excluding tert-OH is 1. The lowest BCUT2D eigenvalue weighted by atomic mass is 9.78. The Labute approximate surface area is 283 Å². The summed E-state index contributed by atoms with van der Waals surface area (Å²) in [5.74, 6) is -1.33. The summed E-state index contributed by atoms with van der Waals surface area (Å²) in [6, 6.07) is 13.2. The average Bonchev–Trinajstić information content (AvgIpc) is 3.07. The van der Waals surface area contributed by atoms with E-state index in [1.807, 2.05) is 24.3 Å². The number of carboxylic acids is 1. The van der Waals surface area contributed by atoms with Crippen LogP contribution in [0.5, 0.6) is 0 Å². The minimum Gasteiger partial charge on any atom is -0.478 e. The Morgan fingerprint density at radius 1 is 0.957 bits per heavy atom. The zero-order valence-electron chi connectivity index (χ0n) is 27.5. The summed E-state index contributed by atoms with van der Waals surface area (Å²) in [5.41, 5.74) is 1.79. The van der Waals surface area contributed by atoms with Crippen LogP contribution < -0.4 is 5.32 Å². The highest BCUT2D eigenvalue weighted by molar-refractivity contribution is 6.00. The van der Waals surface area contributed by atoms with Crippen LogP contribution in [-0.2, 0) is 22.7 Å². The van der Waals surface area contributed by atoms with Gasteiger partial charge in [-0.2, -0.15) is 0 Å². The Morgan fingerprint density at radius 3 is 2.15 bits per heavy atom. The Bertz CT molecular complexity index is 1390. The first kappa shape index (κ1) is 36.4. The van der Waals surface area contributed by atoms with Gasteiger partial charge in [0.25, 0.3) is 5.91 Å². The molecule has 2 saturated heterocycles. The van der Waals surface area contributed by atoms with E-state index < -0.39 is 23.7 Å². The summed E-state index contributed by atoms with van der Waals surface area (Å²) in [4.78, 5) is 57.5. The summed E-state index contributed by atoms with van der Waals surface area (Å²) in [6.45, 7) is 4.95. The van der Waals surface area contributed by atoms with Gasteiger partial charge < -0.3 is 25.3 Å². The fourth-order valence-electron chi connectivity index (χ4n) is 7.37. The number of rotatable bonds is 11. The van der Waals surface area contributed by atoms with E-state index in [0.717, 1.165) is 56.1 Å². The van der Waals surface area contributed by atoms with Gasteiger partial charge in [-0.05, 0) is 73.4 Å². The molecule has 0 aromatic heterocycles. The normalized spacial score (nSPS) is 20.7. The largest absolute Gasteiger partial charge is 0.478 e. The smallest absolute Gasteiger partial charge is 0.335 e. The molecule has 2 aromatic rings. The summed E-state index contributed by atoms with van der Waals surface area (Å²) < 4.78 is 0. The number of carboxylic acid groups (broad SMARTS) is 1. The summed E-state index contributed by atoms with van der Waals surface area (Å²) in [5, 5.41) is 23.3. The standard InChI is InChI=1S/C36H48N4O6.ClH/c1-3-4-20-40-33(43)30(31(41)27-8-6-5-7-9-27)37-35(46)36(40)18-21-39(22-19-36)24-26-10-14-28(15-11-26)32(42)38(2)23-25-12-16-29(17-13-25)34(44)45;/h10-17,27,30-31,41H,3-9,18-24H2,1-2H3,(H,37,46)(H,44,45);1H/t30-,31-;/m1./s1. The van der Waals surface area contributed by atoms with Crippen LogP contribution in [0.3, 0.4) is 0 Å². The van der Waals surface area contributed by atoms with Crippen molar-refractivity contribution in [1.29, 1.82) is 0 Å². The van der Waals surface area contributed by atoms with Crippen molar-refractivity contribution in [3.8, 4) is 0 Å². The molecule has 0 bridgehead atoms. The maximum absolute atomic E-state index is 13.9. The highest BCUT2D eigenvalue weighted by Crippen LogP contribution is 2.36. The molecule has 1 saturated carbocycles. The van der Waals surface area contributed by atoms with Crippen LogP contribution in [0.25, 0.3) is 0 Å². The third-order valence-electron chi connectivity index (χ3n) is 10.2. The second-order valence-electron chi connectivity index (χ2n) is 13.4. The lowest BCUT2D eigenvalue weighted by molar-refractivity contribution is -0.166. The van der Waals surface area contributed by atoms with Gasteiger partial charge in [-0.15, -0.1) is 12.4 Å². The summed E-state index contributed by atoms with van der Waals surface area (Å²) >= 11 is 0. The zero-order chi connectivity index (χ0) is 32.8. The Balaban J connectivity index is 0.00000500. The lowest BCUT2D eigenvalue weighted by Crippen LogP contribution is -2.75. The van der Waals surface area contributed by atoms with Crippen molar-refractivity contribution < 1.29 is 29.4 Å². The number of nitrogens with one attached hydrogen (secondary N) is 1. The second-order valence-corrected chi connectivity index (χ2v) is 13.4. The predicted octanol–water partition coefficient (Wildman–Crippen LogP) is 4.48. The minimum absolute atomic E-state index is 0. The van der Waals surface area contributed by atoms with Gasteiger partial charge in [0.1, 0.15) is 11.6 Å². The van der Waals surface area contributed by atoms with Gasteiger partial charge in [0, 0.05) is 45.3 Å². The van der Waals surface area contributed by atoms with Crippen LogP contribution >= 0.6 is 12.4 Å². The van der Waals surface area contributed by atoms with Crippen LogP contribution in [0.1, 0.15) is 96.6 Å². The lowest BCUT2D eigenvalue weighted by Gasteiger charge is -2.52. The first-order valence-corrected chi connectivity index (χ1v) is 16.8. The van der Waals surface area contributed by atoms with Crippen LogP contribution in [0.4, 0.5) is 0 Å². The molecule has 0 unspecified atom stereocenters. The molecule has 2 atom stereocenters. The van der Waals surface area contributed by atoms with Crippen molar-refractivity contribution in [3.05, 3.63) is 70.8 Å². The molecule has 3 amide bonds. The van der Waals surface area contributed by atoms with Crippen molar-refractivity contribution >= 4 is 36.1 Å². The molecule has 3 N–H and O–H groups in total. The minimum atomic E-state index is -0.984. The fraction of sp³-hybridized carbons (Fsp3) is 0.556. The highest BCUT2D eigenvalue weighted by Gasteiger charge is 2.55. The third-order valence-corrected chi connectivity index (χ3v) is 10.2. The zero-order valence-corrected chi connectivity index (χ0v) is 28.3. The Kier molecular flexibility index (Phi) is 12.4. The molecule has 10 nitrogen and oxygen atoms in total. The molecule has 2 aromatic carbocycles. The summed E-state index contributed by atoms with van der Waals surface area (Å²) in [7, 11) is 1.72. The number of hydrogen-bond acceptors (Lipinski definition) is 6. The maximum atomic E-state index is 13.9. The number of carbonyl (C=O) groups excluding carboxylic acids is 3. The van der Waals surface area contributed by atoms with Gasteiger partial charge >= 0.3 is 5.97 Å². The number of benzene rings is 2. The van der Waals surface area contributed by atoms with E-state index in [0.29, 0.717) is 51.1 Å². The van der Waals surface area contributed by atoms with Crippen LogP contribution in [0.2, 0.25) is 0 Å². The number of unbranched alkanes of at least 4 members (excludes halogenated alkanes) is 1. The molecular formula is C36H49ClN4O6. The Hall–Kier alpha value is -3.47. The molecule has 3 fully saturated rings. The topological polar surface area (TPSA) is 130 Å². The van der Waals surface area contributed by atoms with Gasteiger partial charge in [0.15, 0.2) is 0 Å². The molecule has 256 valence electrons. The van der Waals surface area contributed by atoms with Crippen molar-refractivity contribution in [2.75, 3.05) is 26.7 Å². The number of hydrogen-bond donors (Lipinski definition) is 3. The molecule has 2 heterocycles. The van der Waals surface area contributed by atoms with E-state index in [9.17, 15) is 24.3 Å². The number of halogens is 1. The van der Waals surface area contributed by atoms with Gasteiger partial charge in [-0.1, -0.05) is 56.9 Å². The number of piperazine rings is 1. The third kappa shape index (κ3) is 8.16. The van der Waals surface area contributed by atoms with Gasteiger partial charge in [0.2, 0.25) is 11.8 Å². The van der Waals surface area contributed by atoms with Gasteiger partial charge in [-0.3, -0.25) is 19.3 Å². The van der Waals surface area contributed by atoms with E-state index in [1.165, 1.54) is 12.1 Å². The Morgan fingerprint density at radius 2 is 1.55 bits per heavy atom. The number of piperidine rings is 1. The van der Waals surface area contributed by atoms with Gasteiger partial charge in [0.05, 0.1) is 11.7 Å². The summed E-state index contributed by atoms with van der Waals surface area (Å²) in [6.07, 6.45) is 7.01. The SMILES string of the molecule is CCCCN1C(=O)[C@@H]([C@H](O)C2CCCCC2)NC(=O)C12CCN(Cc1ccc(C(=O)N(C)Cc3ccc(C(=O)O)cc3)cc1)CC2.Cl. The molecule has 0 radical (unpaired) electrons. The van der Waals surface area contributed by atoms with Crippen molar-refractivity contribution in [3.63, 3.8) is 0 Å². The average molecular weight is 669 g/mol. The first-order valence-electron chi connectivity index (χ1n) is 16.8. The molecule has 5 rings (SSSR count). The monoisotopic (exact) mass is 668 g/mol. The fourth-order valence-corrected chi connectivity index (χ4v) is 7.37. The van der Waals surface area contributed by atoms with Crippen LogP contribution in [0, 0.1) is 5.92 Å². The van der Waals surface area contributed by atoms with Crippen LogP contribution in [0.15, 0.2) is 48.5 Å². The molecule has 1 aliphatic carbocycles. The van der Waals surface area contributed by atoms with Crippen LogP contribution in [-0.4, -0.2) is 93.0 Å². The second kappa shape index (κ2) is 16.1. The molecule has 1 spiro atoms. The molecule has 47 heavy (non-hydrogen) atoms. The van der Waals surface area contributed by atoms with Crippen molar-refractivity contribution in [2.24, 2.45) is 5.92 Å². The van der Waals surface area contributed by atoms with E-state index in [-0.39, 0.29) is 41.6 Å². The first-order chi connectivity index (χ1) is 22.1. The maximum Gasteiger partial charge on any atom is 0.335 e. The number of amides is 3. The predicted molar refractivity (Wildman–Crippen MR) is 181 cm³/mol. The van der Waals surface area contributed by atoms with E-state index in [2.05, 4.69) is 17.1 Å². The van der Waals surface area contributed by atoms with E-state index in [4.69, 9.17) is 5.11 Å². The number of nitrogens with zero attached hydrogens (tertiary/aromatic N) is 3. The molecular weight excluding hydrogens is 620 g/mol. The molecule has 3 aliphatic rings. The van der Waals surface area contributed by atoms with Gasteiger partial charge in [-0.25, -0.2) is 4.79 Å². The van der Waals surface area contributed by atoms with Crippen molar-refractivity contribution in [2.45, 2.75) is 95.5 Å². The van der Waals surface area contributed by atoms with Crippen molar-refractivity contribution in [1.82, 2.24) is 20.0 Å². The van der Waals surface area contributed by atoms with E-state index >= 15 is 0 Å². The highest BCUT2D eigenvalue weighted by atomic mass is 35.5. The number of aliphatic hydroxyl groups is 1.